The summed E-state index contributed by atoms with van der Waals surface area (Å²) in [5.74, 6) is 0.413. The molecule has 2 aromatic carbocycles. The Morgan fingerprint density at radius 1 is 0.829 bits per heavy atom. The lowest BCUT2D eigenvalue weighted by atomic mass is 10.2. The minimum atomic E-state index is -0.529. The van der Waals surface area contributed by atoms with Gasteiger partial charge in [0.2, 0.25) is 17.7 Å². The van der Waals surface area contributed by atoms with Crippen LogP contribution in [0.25, 0.3) is 10.9 Å². The molecule has 9 nitrogen and oxygen atoms in total. The number of ether oxygens (including phenoxy) is 3. The van der Waals surface area contributed by atoms with Crippen molar-refractivity contribution in [2.75, 3.05) is 24.9 Å². The quantitative estimate of drug-likeness (QED) is 0.359. The van der Waals surface area contributed by atoms with Crippen LogP contribution in [0.3, 0.4) is 0 Å². The molecule has 0 aliphatic carbocycles. The molecule has 0 saturated heterocycles. The summed E-state index contributed by atoms with van der Waals surface area (Å²) in [6.07, 6.45) is 2.61. The van der Waals surface area contributed by atoms with Crippen LogP contribution >= 0.6 is 0 Å². The molecule has 2 amide bonds. The molecule has 0 radical (unpaired) electrons. The lowest BCUT2D eigenvalue weighted by Crippen LogP contribution is -2.21. The molecular formula is C25H21FN4O5. The topological polar surface area (TPSA) is 112 Å². The maximum absolute atomic E-state index is 13.0. The highest BCUT2D eigenvalue weighted by atomic mass is 19.1. The molecule has 10 heteroatoms. The predicted molar refractivity (Wildman–Crippen MR) is 127 cm³/mol. The van der Waals surface area contributed by atoms with Crippen LogP contribution in [0.15, 0.2) is 67.0 Å². The van der Waals surface area contributed by atoms with E-state index in [1.54, 1.807) is 50.7 Å². The number of amides is 2. The zero-order chi connectivity index (χ0) is 24.8. The third-order valence-electron chi connectivity index (χ3n) is 4.89. The molecule has 0 fully saturated rings. The van der Waals surface area contributed by atoms with Gasteiger partial charge in [0, 0.05) is 29.4 Å². The normalized spacial score (nSPS) is 10.5. The number of benzene rings is 2. The van der Waals surface area contributed by atoms with E-state index in [1.807, 2.05) is 0 Å². The van der Waals surface area contributed by atoms with Gasteiger partial charge < -0.3 is 24.8 Å². The van der Waals surface area contributed by atoms with Gasteiger partial charge >= 0.3 is 0 Å². The van der Waals surface area contributed by atoms with E-state index in [4.69, 9.17) is 14.2 Å². The summed E-state index contributed by atoms with van der Waals surface area (Å²) in [7, 11) is 3.09. The summed E-state index contributed by atoms with van der Waals surface area (Å²) in [4.78, 5) is 32.8. The van der Waals surface area contributed by atoms with Crippen LogP contribution in [0.4, 0.5) is 15.8 Å². The fourth-order valence-corrected chi connectivity index (χ4v) is 3.25. The molecule has 4 rings (SSSR count). The Bertz CT molecular complexity index is 1360. The third-order valence-corrected chi connectivity index (χ3v) is 4.89. The lowest BCUT2D eigenvalue weighted by Gasteiger charge is -2.12. The molecule has 0 saturated carbocycles. The molecule has 2 heterocycles. The lowest BCUT2D eigenvalue weighted by molar-refractivity contribution is -0.123. The number of nitrogens with zero attached hydrogens (tertiary/aromatic N) is 2. The van der Waals surface area contributed by atoms with Crippen LogP contribution in [0.5, 0.6) is 23.1 Å². The van der Waals surface area contributed by atoms with E-state index in [9.17, 15) is 14.0 Å². The van der Waals surface area contributed by atoms with Crippen LogP contribution in [0.2, 0.25) is 0 Å². The SMILES string of the molecule is COc1cc2nccc(Oc3ccc(NC(=O)CC(=O)Nc4ccc(F)cc4)cn3)c2cc1OC. The smallest absolute Gasteiger partial charge is 0.233 e. The number of rotatable bonds is 8. The van der Waals surface area contributed by atoms with Gasteiger partial charge in [-0.05, 0) is 42.5 Å². The first-order valence-electron chi connectivity index (χ1n) is 10.4. The standard InChI is InChI=1S/C25H21FN4O5/c1-33-21-11-18-19(12-22(21)34-2)27-10-9-20(18)35-25-8-7-17(14-28-25)30-24(32)13-23(31)29-16-5-3-15(26)4-6-16/h3-12,14H,13H2,1-2H3,(H,29,31)(H,30,32). The number of hydrogen-bond donors (Lipinski definition) is 2. The van der Waals surface area contributed by atoms with Crippen molar-refractivity contribution in [3.63, 3.8) is 0 Å². The van der Waals surface area contributed by atoms with Crippen molar-refractivity contribution in [2.24, 2.45) is 0 Å². The molecule has 0 unspecified atom stereocenters. The number of anilines is 2. The molecule has 2 aromatic heterocycles. The summed E-state index contributed by atoms with van der Waals surface area (Å²) in [6, 6.07) is 13.7. The Morgan fingerprint density at radius 2 is 1.49 bits per heavy atom. The second kappa shape index (κ2) is 10.5. The molecular weight excluding hydrogens is 455 g/mol. The molecule has 0 aliphatic rings. The van der Waals surface area contributed by atoms with Gasteiger partial charge in [-0.25, -0.2) is 9.37 Å². The van der Waals surface area contributed by atoms with Gasteiger partial charge in [-0.2, -0.15) is 0 Å². The van der Waals surface area contributed by atoms with E-state index >= 15 is 0 Å². The monoisotopic (exact) mass is 476 g/mol. The van der Waals surface area contributed by atoms with Gasteiger partial charge in [0.25, 0.3) is 0 Å². The summed E-state index contributed by atoms with van der Waals surface area (Å²) in [5.41, 5.74) is 1.44. The molecule has 0 atom stereocenters. The number of halogens is 1. The highest BCUT2D eigenvalue weighted by Gasteiger charge is 2.13. The number of fused-ring (bicyclic) bond motifs is 1. The maximum Gasteiger partial charge on any atom is 0.233 e. The zero-order valence-corrected chi connectivity index (χ0v) is 18.9. The second-order valence-electron chi connectivity index (χ2n) is 7.30. The van der Waals surface area contributed by atoms with Crippen LogP contribution in [0.1, 0.15) is 6.42 Å². The fourth-order valence-electron chi connectivity index (χ4n) is 3.25. The number of methoxy groups -OCH3 is 2. The summed E-state index contributed by atoms with van der Waals surface area (Å²) in [6.45, 7) is 0. The van der Waals surface area contributed by atoms with E-state index in [-0.39, 0.29) is 0 Å². The van der Waals surface area contributed by atoms with Crippen LogP contribution in [0, 0.1) is 5.82 Å². The number of pyridine rings is 2. The molecule has 4 aromatic rings. The van der Waals surface area contributed by atoms with Crippen LogP contribution in [-0.4, -0.2) is 36.0 Å². The Labute approximate surface area is 199 Å². The van der Waals surface area contributed by atoms with Gasteiger partial charge in [-0.15, -0.1) is 0 Å². The molecule has 0 aliphatic heterocycles. The first-order chi connectivity index (χ1) is 16.9. The number of carbonyl (C=O) groups is 2. The van der Waals surface area contributed by atoms with Gasteiger partial charge in [-0.1, -0.05) is 0 Å². The summed E-state index contributed by atoms with van der Waals surface area (Å²) < 4.78 is 29.5. The first-order valence-corrected chi connectivity index (χ1v) is 10.4. The maximum atomic E-state index is 13.0. The van der Waals surface area contributed by atoms with E-state index in [0.29, 0.717) is 45.4 Å². The zero-order valence-electron chi connectivity index (χ0n) is 18.9. The number of nitrogens with one attached hydrogen (secondary N) is 2. The Morgan fingerprint density at radius 3 is 2.14 bits per heavy atom. The van der Waals surface area contributed by atoms with E-state index < -0.39 is 24.1 Å². The van der Waals surface area contributed by atoms with Gasteiger partial charge in [0.1, 0.15) is 18.0 Å². The largest absolute Gasteiger partial charge is 0.493 e. The van der Waals surface area contributed by atoms with Gasteiger partial charge in [0.15, 0.2) is 11.5 Å². The minimum absolute atomic E-state index is 0.291. The number of hydrogen-bond acceptors (Lipinski definition) is 7. The molecule has 0 bridgehead atoms. The van der Waals surface area contributed by atoms with Gasteiger partial charge in [-0.3, -0.25) is 14.6 Å². The highest BCUT2D eigenvalue weighted by molar-refractivity contribution is 6.08. The second-order valence-corrected chi connectivity index (χ2v) is 7.30. The van der Waals surface area contributed by atoms with E-state index in [0.717, 1.165) is 0 Å². The Kier molecular flexibility index (Phi) is 7.01. The summed E-state index contributed by atoms with van der Waals surface area (Å²) in [5, 5.41) is 5.83. The van der Waals surface area contributed by atoms with Crippen molar-refractivity contribution in [1.29, 1.82) is 0 Å². The average Bonchev–Trinajstić information content (AvgIpc) is 2.85. The summed E-state index contributed by atoms with van der Waals surface area (Å²) >= 11 is 0. The number of aromatic nitrogens is 2. The minimum Gasteiger partial charge on any atom is -0.493 e. The first kappa shape index (κ1) is 23.4. The Balaban J connectivity index is 1.39. The van der Waals surface area contributed by atoms with Gasteiger partial charge in [0.05, 0.1) is 31.6 Å². The van der Waals surface area contributed by atoms with Crippen molar-refractivity contribution in [3.8, 4) is 23.1 Å². The third kappa shape index (κ3) is 5.80. The average molecular weight is 476 g/mol. The number of carbonyl (C=O) groups excluding carboxylic acids is 2. The molecule has 178 valence electrons. The van der Waals surface area contributed by atoms with Crippen LogP contribution in [-0.2, 0) is 9.59 Å². The Hall–Kier alpha value is -4.73. The molecule has 0 spiro atoms. The van der Waals surface area contributed by atoms with Crippen molar-refractivity contribution in [3.05, 3.63) is 72.8 Å². The van der Waals surface area contributed by atoms with Crippen molar-refractivity contribution in [1.82, 2.24) is 9.97 Å². The van der Waals surface area contributed by atoms with E-state index in [1.165, 1.54) is 30.5 Å². The molecule has 2 N–H and O–H groups in total. The van der Waals surface area contributed by atoms with E-state index in [2.05, 4.69) is 20.6 Å². The van der Waals surface area contributed by atoms with Crippen molar-refractivity contribution in [2.45, 2.75) is 6.42 Å². The molecule has 35 heavy (non-hydrogen) atoms. The highest BCUT2D eigenvalue weighted by Crippen LogP contribution is 2.36. The predicted octanol–water partition coefficient (Wildman–Crippen LogP) is 4.55. The fraction of sp³-hybridized carbons (Fsp3) is 0.120. The van der Waals surface area contributed by atoms with Crippen LogP contribution < -0.4 is 24.8 Å². The van der Waals surface area contributed by atoms with Crippen molar-refractivity contribution < 1.29 is 28.2 Å². The van der Waals surface area contributed by atoms with Crippen molar-refractivity contribution >= 4 is 34.1 Å².